The van der Waals surface area contributed by atoms with E-state index in [0.29, 0.717) is 6.61 Å². The molecule has 5 nitrogen and oxygen atoms in total. The first-order valence-corrected chi connectivity index (χ1v) is 6.86. The van der Waals surface area contributed by atoms with Crippen LogP contribution in [-0.2, 0) is 4.74 Å². The van der Waals surface area contributed by atoms with Crippen molar-refractivity contribution in [2.75, 3.05) is 6.61 Å². The third-order valence-electron chi connectivity index (χ3n) is 4.58. The molecule has 3 rings (SSSR count). The smallest absolute Gasteiger partial charge is 0.196 e. The molecule has 0 amide bonds. The Morgan fingerprint density at radius 1 is 1.19 bits per heavy atom. The summed E-state index contributed by atoms with van der Waals surface area (Å²) in [6.45, 7) is 4.27. The maximum atomic E-state index is 12.7. The van der Waals surface area contributed by atoms with Gasteiger partial charge in [-0.15, -0.1) is 0 Å². The molecule has 0 spiro atoms. The van der Waals surface area contributed by atoms with Gasteiger partial charge in [-0.1, -0.05) is 6.92 Å². The van der Waals surface area contributed by atoms with Gasteiger partial charge in [-0.05, 0) is 37.5 Å². The van der Waals surface area contributed by atoms with Gasteiger partial charge >= 0.3 is 0 Å². The zero-order valence-electron chi connectivity index (χ0n) is 11.8. The summed E-state index contributed by atoms with van der Waals surface area (Å²) in [5, 5.41) is 19.7. The topological polar surface area (TPSA) is 83.8 Å². The number of ketones is 2. The van der Waals surface area contributed by atoms with Crippen molar-refractivity contribution in [2.45, 2.75) is 25.9 Å². The molecule has 2 N–H and O–H groups in total. The summed E-state index contributed by atoms with van der Waals surface area (Å²) in [5.41, 5.74) is -0.882. The number of allylic oxidation sites excluding steroid dienone is 1. The van der Waals surface area contributed by atoms with Gasteiger partial charge in [0, 0.05) is 12.2 Å². The van der Waals surface area contributed by atoms with Crippen molar-refractivity contribution < 1.29 is 24.5 Å². The second-order valence-corrected chi connectivity index (χ2v) is 5.75. The molecular weight excluding hydrogens is 272 g/mol. The number of phenols is 2. The number of benzene rings is 1. The van der Waals surface area contributed by atoms with Gasteiger partial charge in [-0.25, -0.2) is 0 Å². The summed E-state index contributed by atoms with van der Waals surface area (Å²) >= 11 is 0. The zero-order valence-corrected chi connectivity index (χ0v) is 11.8. The van der Waals surface area contributed by atoms with E-state index in [1.54, 1.807) is 6.92 Å². The Hall–Kier alpha value is -2.14. The second-order valence-electron chi connectivity index (χ2n) is 5.75. The normalized spacial score (nSPS) is 28.5. The first-order chi connectivity index (χ1) is 9.86. The Morgan fingerprint density at radius 2 is 1.81 bits per heavy atom. The molecule has 0 saturated carbocycles. The molecule has 1 aliphatic carbocycles. The molecule has 5 heteroatoms. The van der Waals surface area contributed by atoms with Crippen molar-refractivity contribution in [1.29, 1.82) is 0 Å². The molecule has 110 valence electrons. The van der Waals surface area contributed by atoms with Crippen LogP contribution in [-0.4, -0.2) is 34.0 Å². The molecule has 2 aliphatic rings. The van der Waals surface area contributed by atoms with Gasteiger partial charge in [0.15, 0.2) is 11.6 Å². The SMILES string of the molecule is CC1CCOC1(C)C1=CC(=O)c2c(O)ccc(O)c2C1=O. The number of phenolic OH excluding ortho intramolecular Hbond substituents is 2. The monoisotopic (exact) mass is 288 g/mol. The van der Waals surface area contributed by atoms with E-state index in [2.05, 4.69) is 0 Å². The van der Waals surface area contributed by atoms with Crippen LogP contribution in [0.3, 0.4) is 0 Å². The first-order valence-electron chi connectivity index (χ1n) is 6.86. The lowest BCUT2D eigenvalue weighted by Crippen LogP contribution is -2.38. The van der Waals surface area contributed by atoms with Gasteiger partial charge in [-0.2, -0.15) is 0 Å². The number of carbonyl (C=O) groups is 2. The van der Waals surface area contributed by atoms with Crippen LogP contribution >= 0.6 is 0 Å². The molecule has 2 atom stereocenters. The summed E-state index contributed by atoms with van der Waals surface area (Å²) in [5.74, 6) is -1.48. The maximum absolute atomic E-state index is 12.7. The van der Waals surface area contributed by atoms with E-state index in [9.17, 15) is 19.8 Å². The van der Waals surface area contributed by atoms with E-state index < -0.39 is 17.2 Å². The Bertz CT molecular complexity index is 688. The van der Waals surface area contributed by atoms with E-state index in [1.807, 2.05) is 6.92 Å². The van der Waals surface area contributed by atoms with Crippen LogP contribution in [0.4, 0.5) is 0 Å². The largest absolute Gasteiger partial charge is 0.507 e. The highest BCUT2D eigenvalue weighted by atomic mass is 16.5. The average Bonchev–Trinajstić information content (AvgIpc) is 2.77. The molecule has 1 fully saturated rings. The summed E-state index contributed by atoms with van der Waals surface area (Å²) in [6, 6.07) is 2.41. The Labute approximate surface area is 121 Å². The molecule has 1 heterocycles. The van der Waals surface area contributed by atoms with E-state index in [0.717, 1.165) is 6.42 Å². The van der Waals surface area contributed by atoms with Crippen LogP contribution in [0.2, 0.25) is 0 Å². The minimum atomic E-state index is -0.845. The molecule has 1 aliphatic heterocycles. The van der Waals surface area contributed by atoms with Crippen molar-refractivity contribution in [2.24, 2.45) is 5.92 Å². The highest BCUT2D eigenvalue weighted by Gasteiger charge is 2.46. The van der Waals surface area contributed by atoms with Gasteiger partial charge in [-0.3, -0.25) is 9.59 Å². The maximum Gasteiger partial charge on any atom is 0.196 e. The summed E-state index contributed by atoms with van der Waals surface area (Å²) < 4.78 is 5.71. The third-order valence-corrected chi connectivity index (χ3v) is 4.58. The van der Waals surface area contributed by atoms with Crippen LogP contribution in [0, 0.1) is 5.92 Å². The van der Waals surface area contributed by atoms with Crippen molar-refractivity contribution in [3.8, 4) is 11.5 Å². The van der Waals surface area contributed by atoms with Crippen molar-refractivity contribution >= 4 is 11.6 Å². The minimum Gasteiger partial charge on any atom is -0.507 e. The molecule has 1 aromatic rings. The second kappa shape index (κ2) is 4.43. The highest BCUT2D eigenvalue weighted by Crippen LogP contribution is 2.43. The number of hydrogen-bond acceptors (Lipinski definition) is 5. The minimum absolute atomic E-state index is 0.0847. The molecule has 0 aromatic heterocycles. The number of hydrogen-bond donors (Lipinski definition) is 2. The first kappa shape index (κ1) is 13.8. The van der Waals surface area contributed by atoms with Crippen LogP contribution in [0.1, 0.15) is 41.0 Å². The third kappa shape index (κ3) is 1.81. The fraction of sp³-hybridized carbons (Fsp3) is 0.375. The van der Waals surface area contributed by atoms with Gasteiger partial charge in [0.1, 0.15) is 11.5 Å². The Morgan fingerprint density at radius 3 is 2.38 bits per heavy atom. The van der Waals surface area contributed by atoms with Crippen molar-refractivity contribution in [3.63, 3.8) is 0 Å². The molecule has 1 aromatic carbocycles. The Balaban J connectivity index is 2.19. The zero-order chi connectivity index (χ0) is 15.4. The van der Waals surface area contributed by atoms with Crippen LogP contribution < -0.4 is 0 Å². The summed E-state index contributed by atoms with van der Waals surface area (Å²) in [7, 11) is 0. The number of rotatable bonds is 1. The molecule has 0 bridgehead atoms. The Kier molecular flexibility index (Phi) is 2.92. The number of carbonyl (C=O) groups excluding carboxylic acids is 2. The predicted octanol–water partition coefficient (Wildman–Crippen LogP) is 2.22. The quantitative estimate of drug-likeness (QED) is 0.774. The average molecular weight is 288 g/mol. The lowest BCUT2D eigenvalue weighted by atomic mass is 9.76. The fourth-order valence-corrected chi connectivity index (χ4v) is 3.04. The summed E-state index contributed by atoms with van der Waals surface area (Å²) in [6.07, 6.45) is 2.03. The van der Waals surface area contributed by atoms with Crippen LogP contribution in [0.25, 0.3) is 0 Å². The fourth-order valence-electron chi connectivity index (χ4n) is 3.04. The van der Waals surface area contributed by atoms with E-state index in [-0.39, 0.29) is 34.1 Å². The lowest BCUT2D eigenvalue weighted by molar-refractivity contribution is 0.0279. The number of aromatic hydroxyl groups is 2. The predicted molar refractivity (Wildman–Crippen MR) is 74.7 cm³/mol. The number of fused-ring (bicyclic) bond motifs is 1. The van der Waals surface area contributed by atoms with Gasteiger partial charge in [0.05, 0.1) is 16.7 Å². The van der Waals surface area contributed by atoms with Crippen molar-refractivity contribution in [1.82, 2.24) is 0 Å². The van der Waals surface area contributed by atoms with E-state index in [4.69, 9.17) is 4.74 Å². The van der Waals surface area contributed by atoms with Crippen molar-refractivity contribution in [3.05, 3.63) is 34.9 Å². The molecule has 1 saturated heterocycles. The standard InChI is InChI=1S/C16H16O5/c1-8-5-6-21-16(8,2)9-7-12(19)13-10(17)3-4-11(18)14(13)15(9)20/h3-4,7-8,17-18H,5-6H2,1-2H3. The number of Topliss-reactive ketones (excluding diaryl/α,β-unsaturated/α-hetero) is 1. The summed E-state index contributed by atoms with van der Waals surface area (Å²) in [4.78, 5) is 25.0. The molecule has 21 heavy (non-hydrogen) atoms. The molecular formula is C16H16O5. The van der Waals surface area contributed by atoms with Gasteiger partial charge in [0.2, 0.25) is 0 Å². The lowest BCUT2D eigenvalue weighted by Gasteiger charge is -2.32. The van der Waals surface area contributed by atoms with Crippen LogP contribution in [0.15, 0.2) is 23.8 Å². The van der Waals surface area contributed by atoms with Crippen LogP contribution in [0.5, 0.6) is 11.5 Å². The van der Waals surface area contributed by atoms with Gasteiger partial charge < -0.3 is 14.9 Å². The number of ether oxygens (including phenoxy) is 1. The van der Waals surface area contributed by atoms with E-state index in [1.165, 1.54) is 18.2 Å². The highest BCUT2D eigenvalue weighted by molar-refractivity contribution is 6.27. The van der Waals surface area contributed by atoms with Gasteiger partial charge in [0.25, 0.3) is 0 Å². The van der Waals surface area contributed by atoms with E-state index >= 15 is 0 Å². The molecule has 0 radical (unpaired) electrons. The molecule has 2 unspecified atom stereocenters.